The highest BCUT2D eigenvalue weighted by Gasteiger charge is 2.46. The Labute approximate surface area is 211 Å². The lowest BCUT2D eigenvalue weighted by Crippen LogP contribution is -2.47. The Bertz CT molecular complexity index is 1060. The topological polar surface area (TPSA) is 122 Å². The van der Waals surface area contributed by atoms with Gasteiger partial charge in [0.2, 0.25) is 5.91 Å². The number of urea groups is 1. The largest absolute Gasteiger partial charge is 0.487 e. The highest BCUT2D eigenvalue weighted by Crippen LogP contribution is 2.47. The highest BCUT2D eigenvalue weighted by atomic mass is 16.6. The van der Waals surface area contributed by atoms with Gasteiger partial charge in [-0.2, -0.15) is 0 Å². The molecule has 1 aliphatic carbocycles. The minimum absolute atomic E-state index is 0.0369. The van der Waals surface area contributed by atoms with Crippen molar-refractivity contribution in [1.29, 1.82) is 0 Å². The first-order chi connectivity index (χ1) is 17.6. The molecule has 1 saturated heterocycles. The molecule has 3 amide bonds. The fourth-order valence-electron chi connectivity index (χ4n) is 5.55. The number of amides is 3. The number of nitrogens with one attached hydrogen (secondary N) is 3. The number of hydrogen-bond acceptors (Lipinski definition) is 6. The normalized spacial score (nSPS) is 25.2. The number of anilines is 1. The van der Waals surface area contributed by atoms with Gasteiger partial charge in [-0.15, -0.1) is 0 Å². The molecular weight excluding hydrogens is 460 g/mol. The molecule has 4 atom stereocenters. The van der Waals surface area contributed by atoms with Gasteiger partial charge in [0, 0.05) is 42.1 Å². The Morgan fingerprint density at radius 1 is 1.14 bits per heavy atom. The SMILES string of the molecule is O=C(C[C@H]1C[C@H]2c3cc(NC(=O)NC4CCCCC4)ccc3O[C@H]2[C@H](CO)O1)NCc1cccnc1. The predicted octanol–water partition coefficient (Wildman–Crippen LogP) is 3.24. The standard InChI is InChI=1S/C27H34N4O5/c32-16-24-26-22(12-20(35-24)13-25(33)29-15-17-5-4-10-28-14-17)21-11-19(8-9-23(21)36-26)31-27(34)30-18-6-2-1-3-7-18/h4-5,8-11,14,18,20,22,24,26,32H,1-3,6-7,12-13,15-16H2,(H,29,33)(H2,30,31,34)/t20-,22+,24+,26-/m1/s1. The van der Waals surface area contributed by atoms with Gasteiger partial charge in [-0.3, -0.25) is 9.78 Å². The van der Waals surface area contributed by atoms with Crippen LogP contribution in [-0.2, 0) is 16.1 Å². The van der Waals surface area contributed by atoms with Gasteiger partial charge in [-0.05, 0) is 49.1 Å². The van der Waals surface area contributed by atoms with Crippen molar-refractivity contribution < 1.29 is 24.2 Å². The third-order valence-corrected chi connectivity index (χ3v) is 7.32. The van der Waals surface area contributed by atoms with Crippen LogP contribution >= 0.6 is 0 Å². The van der Waals surface area contributed by atoms with Crippen LogP contribution in [0.1, 0.15) is 62.0 Å². The van der Waals surface area contributed by atoms with Gasteiger partial charge in [0.25, 0.3) is 0 Å². The van der Waals surface area contributed by atoms with Gasteiger partial charge in [-0.25, -0.2) is 4.79 Å². The second kappa shape index (κ2) is 11.3. The van der Waals surface area contributed by atoms with Crippen molar-refractivity contribution in [1.82, 2.24) is 15.6 Å². The molecule has 1 saturated carbocycles. The van der Waals surface area contributed by atoms with E-state index in [1.165, 1.54) is 6.42 Å². The number of rotatable bonds is 7. The molecule has 3 heterocycles. The number of nitrogens with zero attached hydrogens (tertiary/aromatic N) is 1. The van der Waals surface area contributed by atoms with Crippen LogP contribution in [0.2, 0.25) is 0 Å². The van der Waals surface area contributed by atoms with Crippen molar-refractivity contribution in [2.45, 2.75) is 81.8 Å². The molecule has 0 spiro atoms. The molecule has 0 bridgehead atoms. The third-order valence-electron chi connectivity index (χ3n) is 7.32. The van der Waals surface area contributed by atoms with Crippen LogP contribution in [0.3, 0.4) is 0 Å². The number of ether oxygens (including phenoxy) is 2. The van der Waals surface area contributed by atoms with E-state index in [1.807, 2.05) is 30.3 Å². The summed E-state index contributed by atoms with van der Waals surface area (Å²) in [5.41, 5.74) is 2.59. The monoisotopic (exact) mass is 494 g/mol. The van der Waals surface area contributed by atoms with Crippen LogP contribution in [0, 0.1) is 0 Å². The van der Waals surface area contributed by atoms with Crippen molar-refractivity contribution in [3.63, 3.8) is 0 Å². The predicted molar refractivity (Wildman–Crippen MR) is 134 cm³/mol. The fraction of sp³-hybridized carbons (Fsp3) is 0.519. The van der Waals surface area contributed by atoms with Crippen LogP contribution in [0.5, 0.6) is 5.75 Å². The van der Waals surface area contributed by atoms with Crippen molar-refractivity contribution in [2.24, 2.45) is 0 Å². The minimum Gasteiger partial charge on any atom is -0.487 e. The van der Waals surface area contributed by atoms with Gasteiger partial charge >= 0.3 is 6.03 Å². The Morgan fingerprint density at radius 3 is 2.78 bits per heavy atom. The summed E-state index contributed by atoms with van der Waals surface area (Å²) in [6, 6.07) is 9.40. The molecule has 36 heavy (non-hydrogen) atoms. The Kier molecular flexibility index (Phi) is 7.67. The van der Waals surface area contributed by atoms with Crippen LogP contribution in [-0.4, -0.2) is 53.0 Å². The first-order valence-electron chi connectivity index (χ1n) is 12.9. The zero-order chi connectivity index (χ0) is 24.9. The zero-order valence-corrected chi connectivity index (χ0v) is 20.3. The van der Waals surface area contributed by atoms with E-state index in [0.29, 0.717) is 18.7 Å². The molecule has 0 unspecified atom stereocenters. The van der Waals surface area contributed by atoms with E-state index in [2.05, 4.69) is 20.9 Å². The van der Waals surface area contributed by atoms with E-state index >= 15 is 0 Å². The number of aromatic nitrogens is 1. The van der Waals surface area contributed by atoms with E-state index in [1.54, 1.807) is 12.4 Å². The molecule has 0 radical (unpaired) electrons. The van der Waals surface area contributed by atoms with Crippen molar-refractivity contribution in [3.05, 3.63) is 53.9 Å². The number of carbonyl (C=O) groups excluding carboxylic acids is 2. The number of hydrogen-bond donors (Lipinski definition) is 4. The summed E-state index contributed by atoms with van der Waals surface area (Å²) in [6.45, 7) is 0.205. The molecule has 1 aromatic heterocycles. The third kappa shape index (κ3) is 5.79. The molecule has 3 aliphatic rings. The Balaban J connectivity index is 1.21. The van der Waals surface area contributed by atoms with E-state index < -0.39 is 6.10 Å². The second-order valence-corrected chi connectivity index (χ2v) is 9.93. The summed E-state index contributed by atoms with van der Waals surface area (Å²) in [6.07, 6.45) is 8.58. The minimum atomic E-state index is -0.529. The average Bonchev–Trinajstić information content (AvgIpc) is 3.26. The molecule has 2 aromatic rings. The highest BCUT2D eigenvalue weighted by molar-refractivity contribution is 5.89. The number of pyridine rings is 1. The molecule has 2 fully saturated rings. The zero-order valence-electron chi connectivity index (χ0n) is 20.3. The lowest BCUT2D eigenvalue weighted by atomic mass is 9.84. The summed E-state index contributed by atoms with van der Waals surface area (Å²) in [5.74, 6) is 0.574. The number of aliphatic hydroxyl groups excluding tert-OH is 1. The maximum absolute atomic E-state index is 12.6. The molecule has 9 nitrogen and oxygen atoms in total. The fourth-order valence-corrected chi connectivity index (χ4v) is 5.55. The van der Waals surface area contributed by atoms with Crippen LogP contribution in [0.15, 0.2) is 42.7 Å². The maximum atomic E-state index is 12.6. The lowest BCUT2D eigenvalue weighted by molar-refractivity contribution is -0.142. The van der Waals surface area contributed by atoms with Gasteiger partial charge in [-0.1, -0.05) is 25.3 Å². The Hall–Kier alpha value is -3.17. The molecule has 1 aromatic carbocycles. The molecule has 9 heteroatoms. The van der Waals surface area contributed by atoms with Crippen molar-refractivity contribution >= 4 is 17.6 Å². The maximum Gasteiger partial charge on any atom is 0.319 e. The lowest BCUT2D eigenvalue weighted by Gasteiger charge is -2.37. The van der Waals surface area contributed by atoms with Gasteiger partial charge in [0.15, 0.2) is 0 Å². The smallest absolute Gasteiger partial charge is 0.319 e. The first kappa shape index (κ1) is 24.5. The average molecular weight is 495 g/mol. The van der Waals surface area contributed by atoms with E-state index in [0.717, 1.165) is 42.6 Å². The summed E-state index contributed by atoms with van der Waals surface area (Å²) in [5, 5.41) is 18.9. The molecule has 4 N–H and O–H groups in total. The van der Waals surface area contributed by atoms with Crippen LogP contribution in [0.4, 0.5) is 10.5 Å². The number of carbonyl (C=O) groups is 2. The molecule has 192 valence electrons. The molecule has 2 aliphatic heterocycles. The van der Waals surface area contributed by atoms with Gasteiger partial charge < -0.3 is 30.5 Å². The summed E-state index contributed by atoms with van der Waals surface area (Å²) in [4.78, 5) is 29.2. The first-order valence-corrected chi connectivity index (χ1v) is 12.9. The van der Waals surface area contributed by atoms with Crippen molar-refractivity contribution in [3.8, 4) is 5.75 Å². The second-order valence-electron chi connectivity index (χ2n) is 9.93. The molecule has 5 rings (SSSR count). The van der Waals surface area contributed by atoms with Crippen LogP contribution in [0.25, 0.3) is 0 Å². The van der Waals surface area contributed by atoms with E-state index in [9.17, 15) is 14.7 Å². The van der Waals surface area contributed by atoms with Crippen LogP contribution < -0.4 is 20.7 Å². The van der Waals surface area contributed by atoms with Gasteiger partial charge in [0.1, 0.15) is 18.0 Å². The van der Waals surface area contributed by atoms with Crippen molar-refractivity contribution in [2.75, 3.05) is 11.9 Å². The number of aliphatic hydroxyl groups is 1. The summed E-state index contributed by atoms with van der Waals surface area (Å²) < 4.78 is 12.2. The summed E-state index contributed by atoms with van der Waals surface area (Å²) in [7, 11) is 0. The van der Waals surface area contributed by atoms with Gasteiger partial charge in [0.05, 0.1) is 19.1 Å². The number of benzene rings is 1. The van der Waals surface area contributed by atoms with E-state index in [-0.39, 0.29) is 49.1 Å². The molecular formula is C27H34N4O5. The number of fused-ring (bicyclic) bond motifs is 3. The summed E-state index contributed by atoms with van der Waals surface area (Å²) >= 11 is 0. The van der Waals surface area contributed by atoms with E-state index in [4.69, 9.17) is 9.47 Å². The Morgan fingerprint density at radius 2 is 2.00 bits per heavy atom. The quantitative estimate of drug-likeness (QED) is 0.469.